The summed E-state index contributed by atoms with van der Waals surface area (Å²) in [6.07, 6.45) is -2.36. The number of hydrogen-bond donors (Lipinski definition) is 2. The zero-order chi connectivity index (χ0) is 17.3. The second kappa shape index (κ2) is 5.84. The maximum atomic E-state index is 13.5. The summed E-state index contributed by atoms with van der Waals surface area (Å²) >= 11 is 0. The molecule has 0 aliphatic rings. The van der Waals surface area contributed by atoms with E-state index in [0.717, 1.165) is 6.20 Å². The maximum absolute atomic E-state index is 13.5. The lowest BCUT2D eigenvalue weighted by Gasteiger charge is -2.17. The number of hydrogen-bond acceptors (Lipinski definition) is 2. The van der Waals surface area contributed by atoms with Crippen molar-refractivity contribution in [2.24, 2.45) is 5.73 Å². The number of rotatable bonds is 3. The molecule has 0 saturated heterocycles. The molecule has 122 valence electrons. The molecule has 2 aromatic heterocycles. The van der Waals surface area contributed by atoms with Crippen molar-refractivity contribution in [2.45, 2.75) is 6.18 Å². The van der Waals surface area contributed by atoms with Gasteiger partial charge < -0.3 is 10.7 Å². The highest BCUT2D eigenvalue weighted by Gasteiger charge is 2.37. The number of benzene rings is 1. The number of nitrogens with two attached hydrogens (primary N) is 1. The molecule has 3 aromatic rings. The Morgan fingerprint density at radius 2 is 1.79 bits per heavy atom. The van der Waals surface area contributed by atoms with E-state index in [1.807, 2.05) is 0 Å². The lowest BCUT2D eigenvalue weighted by atomic mass is 9.93. The van der Waals surface area contributed by atoms with Gasteiger partial charge in [0, 0.05) is 18.0 Å². The largest absolute Gasteiger partial charge is 0.418 e. The van der Waals surface area contributed by atoms with E-state index in [1.165, 1.54) is 12.1 Å². The van der Waals surface area contributed by atoms with Crippen LogP contribution in [0.5, 0.6) is 0 Å². The van der Waals surface area contributed by atoms with Gasteiger partial charge in [0.15, 0.2) is 0 Å². The lowest BCUT2D eigenvalue weighted by molar-refractivity contribution is -0.137. The van der Waals surface area contributed by atoms with Crippen LogP contribution in [0, 0.1) is 0 Å². The number of pyridine rings is 1. The van der Waals surface area contributed by atoms with Gasteiger partial charge in [0.05, 0.1) is 22.5 Å². The van der Waals surface area contributed by atoms with Gasteiger partial charge >= 0.3 is 6.18 Å². The molecule has 0 unspecified atom stereocenters. The van der Waals surface area contributed by atoms with Crippen LogP contribution in [0.2, 0.25) is 0 Å². The number of alkyl halides is 3. The smallest absolute Gasteiger partial charge is 0.366 e. The van der Waals surface area contributed by atoms with Crippen molar-refractivity contribution in [3.8, 4) is 22.5 Å². The average Bonchev–Trinajstić information content (AvgIpc) is 3.07. The summed E-state index contributed by atoms with van der Waals surface area (Å²) in [5, 5.41) is 0. The molecule has 24 heavy (non-hydrogen) atoms. The predicted molar refractivity (Wildman–Crippen MR) is 83.0 cm³/mol. The summed E-state index contributed by atoms with van der Waals surface area (Å²) in [4.78, 5) is 18.7. The fourth-order valence-corrected chi connectivity index (χ4v) is 2.55. The summed E-state index contributed by atoms with van der Waals surface area (Å²) in [7, 11) is 0. The number of amides is 1. The first-order valence-corrected chi connectivity index (χ1v) is 6.98. The molecule has 3 N–H and O–H groups in total. The molecule has 3 rings (SSSR count). The van der Waals surface area contributed by atoms with Crippen LogP contribution in [0.4, 0.5) is 13.2 Å². The van der Waals surface area contributed by atoms with Gasteiger partial charge in [-0.05, 0) is 17.7 Å². The number of primary amides is 1. The van der Waals surface area contributed by atoms with Crippen LogP contribution >= 0.6 is 0 Å². The molecule has 0 aliphatic carbocycles. The second-order valence-electron chi connectivity index (χ2n) is 5.08. The Kier molecular flexibility index (Phi) is 3.84. The molecule has 0 spiro atoms. The molecule has 0 saturated carbocycles. The van der Waals surface area contributed by atoms with Crippen molar-refractivity contribution >= 4 is 5.91 Å². The number of H-pyrrole nitrogens is 1. The van der Waals surface area contributed by atoms with E-state index in [0.29, 0.717) is 5.69 Å². The first-order chi connectivity index (χ1) is 11.4. The van der Waals surface area contributed by atoms with Crippen LogP contribution in [0.1, 0.15) is 15.9 Å². The molecule has 0 atom stereocenters. The first kappa shape index (κ1) is 15.8. The van der Waals surface area contributed by atoms with Crippen LogP contribution in [0.3, 0.4) is 0 Å². The molecule has 4 nitrogen and oxygen atoms in total. The number of carbonyl (C=O) groups excluding carboxylic acids is 1. The van der Waals surface area contributed by atoms with E-state index in [2.05, 4.69) is 9.97 Å². The second-order valence-corrected chi connectivity index (χ2v) is 5.08. The highest BCUT2D eigenvalue weighted by molar-refractivity contribution is 6.05. The van der Waals surface area contributed by atoms with E-state index in [1.54, 1.807) is 36.5 Å². The van der Waals surface area contributed by atoms with E-state index < -0.39 is 17.6 Å². The molecule has 0 fully saturated rings. The summed E-state index contributed by atoms with van der Waals surface area (Å²) in [6, 6.07) is 11.1. The number of carbonyl (C=O) groups is 1. The van der Waals surface area contributed by atoms with E-state index in [4.69, 9.17) is 5.73 Å². The van der Waals surface area contributed by atoms with Crippen molar-refractivity contribution in [2.75, 3.05) is 0 Å². The monoisotopic (exact) mass is 331 g/mol. The van der Waals surface area contributed by atoms with Crippen molar-refractivity contribution < 1.29 is 18.0 Å². The Morgan fingerprint density at radius 1 is 1.08 bits per heavy atom. The number of halogens is 3. The molecule has 0 bridgehead atoms. The predicted octanol–water partition coefficient (Wildman–Crippen LogP) is 3.86. The molecule has 1 amide bonds. The minimum atomic E-state index is -4.67. The Morgan fingerprint density at radius 3 is 2.33 bits per heavy atom. The average molecular weight is 331 g/mol. The van der Waals surface area contributed by atoms with Crippen molar-refractivity contribution in [3.63, 3.8) is 0 Å². The van der Waals surface area contributed by atoms with E-state index in [9.17, 15) is 18.0 Å². The van der Waals surface area contributed by atoms with Gasteiger partial charge in [-0.15, -0.1) is 0 Å². The van der Waals surface area contributed by atoms with Crippen LogP contribution in [0.25, 0.3) is 22.5 Å². The number of nitrogens with zero attached hydrogens (tertiary/aromatic N) is 1. The zero-order valence-corrected chi connectivity index (χ0v) is 12.3. The first-order valence-electron chi connectivity index (χ1n) is 6.98. The number of aromatic nitrogens is 2. The van der Waals surface area contributed by atoms with Crippen LogP contribution in [0.15, 0.2) is 54.9 Å². The third-order valence-corrected chi connectivity index (χ3v) is 3.55. The summed E-state index contributed by atoms with van der Waals surface area (Å²) < 4.78 is 40.4. The fourth-order valence-electron chi connectivity index (χ4n) is 2.55. The van der Waals surface area contributed by atoms with Crippen LogP contribution < -0.4 is 5.73 Å². The van der Waals surface area contributed by atoms with Gasteiger partial charge in [0.2, 0.25) is 0 Å². The molecule has 1 aromatic carbocycles. The summed E-state index contributed by atoms with van der Waals surface area (Å²) in [5.74, 6) is -0.975. The third-order valence-electron chi connectivity index (χ3n) is 3.55. The van der Waals surface area contributed by atoms with Gasteiger partial charge in [0.25, 0.3) is 5.91 Å². The molecule has 2 heterocycles. The van der Waals surface area contributed by atoms with E-state index in [-0.39, 0.29) is 22.4 Å². The van der Waals surface area contributed by atoms with Crippen molar-refractivity contribution in [1.29, 1.82) is 0 Å². The Hall–Kier alpha value is -3.09. The standard InChI is InChI=1S/C17H12F3N3O/c18-17(19,20)11-9-23-15(12-7-4-8-22-12)14(16(21)24)13(11)10-5-2-1-3-6-10/h1-9,22H,(H2,21,24). The number of aromatic amines is 1. The van der Waals surface area contributed by atoms with Crippen LogP contribution in [-0.2, 0) is 6.18 Å². The van der Waals surface area contributed by atoms with Gasteiger partial charge in [-0.3, -0.25) is 9.78 Å². The molecular formula is C17H12F3N3O. The topological polar surface area (TPSA) is 71.8 Å². The quantitative estimate of drug-likeness (QED) is 0.765. The highest BCUT2D eigenvalue weighted by atomic mass is 19.4. The summed E-state index contributed by atoms with van der Waals surface area (Å²) in [6.45, 7) is 0. The third kappa shape index (κ3) is 2.76. The van der Waals surface area contributed by atoms with Crippen molar-refractivity contribution in [3.05, 3.63) is 66.0 Å². The molecule has 0 radical (unpaired) electrons. The SMILES string of the molecule is NC(=O)c1c(-c2ccc[nH]2)ncc(C(F)(F)F)c1-c1ccccc1. The molecule has 7 heteroatoms. The minimum Gasteiger partial charge on any atom is -0.366 e. The Labute approximate surface area is 135 Å². The molecule has 0 aliphatic heterocycles. The maximum Gasteiger partial charge on any atom is 0.418 e. The fraction of sp³-hybridized carbons (Fsp3) is 0.0588. The Balaban J connectivity index is 2.41. The van der Waals surface area contributed by atoms with Crippen LogP contribution in [-0.4, -0.2) is 15.9 Å². The van der Waals surface area contributed by atoms with Gasteiger partial charge in [-0.2, -0.15) is 13.2 Å². The van der Waals surface area contributed by atoms with Gasteiger partial charge in [-0.25, -0.2) is 0 Å². The highest BCUT2D eigenvalue weighted by Crippen LogP contribution is 2.41. The Bertz CT molecular complexity index is 872. The lowest BCUT2D eigenvalue weighted by Crippen LogP contribution is -2.19. The van der Waals surface area contributed by atoms with Crippen molar-refractivity contribution in [1.82, 2.24) is 9.97 Å². The number of nitrogens with one attached hydrogen (secondary N) is 1. The minimum absolute atomic E-state index is 0.0827. The van der Waals surface area contributed by atoms with Gasteiger partial charge in [0.1, 0.15) is 0 Å². The zero-order valence-electron chi connectivity index (χ0n) is 12.3. The summed E-state index contributed by atoms with van der Waals surface area (Å²) in [5.41, 5.74) is 4.61. The van der Waals surface area contributed by atoms with Gasteiger partial charge in [-0.1, -0.05) is 30.3 Å². The van der Waals surface area contributed by atoms with E-state index >= 15 is 0 Å². The molecular weight excluding hydrogens is 319 g/mol. The normalized spacial score (nSPS) is 11.5.